The van der Waals surface area contributed by atoms with Crippen LogP contribution in [0.15, 0.2) is 54.0 Å². The fourth-order valence-electron chi connectivity index (χ4n) is 8.05. The molecule has 0 unspecified atom stereocenters. The number of hydroxylamine groups is 1. The van der Waals surface area contributed by atoms with Crippen LogP contribution in [0.4, 0.5) is 28.9 Å². The molecule has 2 fully saturated rings. The Morgan fingerprint density at radius 1 is 0.917 bits per heavy atom. The predicted octanol–water partition coefficient (Wildman–Crippen LogP) is 8.31. The number of rotatable bonds is 26. The molecule has 0 spiro atoms. The van der Waals surface area contributed by atoms with Gasteiger partial charge in [-0.1, -0.05) is 52.2 Å². The highest BCUT2D eigenvalue weighted by molar-refractivity contribution is 14.1. The van der Waals surface area contributed by atoms with E-state index in [9.17, 15) is 41.5 Å². The summed E-state index contributed by atoms with van der Waals surface area (Å²) in [6, 6.07) is 9.82. The average molecular weight is 1140 g/mol. The standard InChI is InChI=1S/C51H63F4IN8O7S/c1-31-44(72-30-60-31)32-13-14-33(28-59-47(67)39-12-10-24-64(39)48(68)45(50(2,3)4)62-49(69)51(55)19-20-51)40(26-32)70-29-41(65)58-23-9-7-5-6-8-21-57-22-11-25-71-63-46(66)35-16-17-36(52)42(54)43(35)61-38-18-15-34(56)27-37(38)53/h13-18,26-27,30,39,45,57,61H,5-12,19-25,28-29H2,1-4H3,(H,58,65)(H,59,67)(H,62,69)(H,63,66)/t39-,45+/m0/s1. The molecule has 4 aromatic rings. The van der Waals surface area contributed by atoms with E-state index in [0.717, 1.165) is 66.9 Å². The van der Waals surface area contributed by atoms with Gasteiger partial charge in [-0.25, -0.2) is 28.0 Å². The normalized spacial score (nSPS) is 15.4. The molecule has 0 bridgehead atoms. The van der Waals surface area contributed by atoms with Crippen molar-refractivity contribution in [2.75, 3.05) is 44.7 Å². The van der Waals surface area contributed by atoms with Gasteiger partial charge in [-0.3, -0.25) is 28.8 Å². The van der Waals surface area contributed by atoms with Crippen molar-refractivity contribution in [3.8, 4) is 16.2 Å². The van der Waals surface area contributed by atoms with Gasteiger partial charge in [-0.15, -0.1) is 11.3 Å². The highest BCUT2D eigenvalue weighted by atomic mass is 127. The third-order valence-electron chi connectivity index (χ3n) is 12.4. The van der Waals surface area contributed by atoms with Crippen LogP contribution in [0, 0.1) is 33.4 Å². The molecule has 72 heavy (non-hydrogen) atoms. The van der Waals surface area contributed by atoms with Crippen molar-refractivity contribution >= 4 is 74.8 Å². The molecule has 2 atom stereocenters. The number of anilines is 2. The molecule has 6 rings (SSSR count). The Morgan fingerprint density at radius 2 is 1.65 bits per heavy atom. The lowest BCUT2D eigenvalue weighted by molar-refractivity contribution is -0.144. The number of aryl methyl sites for hydroxylation is 1. The van der Waals surface area contributed by atoms with Gasteiger partial charge in [0.15, 0.2) is 23.9 Å². The summed E-state index contributed by atoms with van der Waals surface area (Å²) >= 11 is 3.39. The van der Waals surface area contributed by atoms with Crippen molar-refractivity contribution in [1.82, 2.24) is 36.6 Å². The number of benzene rings is 3. The van der Waals surface area contributed by atoms with Crippen molar-refractivity contribution in [3.05, 3.63) is 91.9 Å². The number of unbranched alkanes of at least 4 members (excludes halogenated alkanes) is 4. The van der Waals surface area contributed by atoms with Crippen molar-refractivity contribution in [3.63, 3.8) is 0 Å². The van der Waals surface area contributed by atoms with Gasteiger partial charge in [0.2, 0.25) is 11.8 Å². The first-order valence-corrected chi connectivity index (χ1v) is 26.2. The topological polar surface area (TPSA) is 192 Å². The predicted molar refractivity (Wildman–Crippen MR) is 275 cm³/mol. The largest absolute Gasteiger partial charge is 0.483 e. The zero-order valence-corrected chi connectivity index (χ0v) is 43.9. The molecule has 5 amide bonds. The van der Waals surface area contributed by atoms with Crippen LogP contribution in [0.5, 0.6) is 5.75 Å². The smallest absolute Gasteiger partial charge is 0.277 e. The fourth-order valence-corrected chi connectivity index (χ4v) is 9.31. The van der Waals surface area contributed by atoms with Crippen molar-refractivity contribution in [2.45, 2.75) is 116 Å². The summed E-state index contributed by atoms with van der Waals surface area (Å²) in [6.45, 7) is 9.45. The lowest BCUT2D eigenvalue weighted by Gasteiger charge is -2.35. The van der Waals surface area contributed by atoms with Gasteiger partial charge >= 0.3 is 0 Å². The van der Waals surface area contributed by atoms with Gasteiger partial charge in [0.05, 0.1) is 39.6 Å². The van der Waals surface area contributed by atoms with E-state index in [0.29, 0.717) is 53.8 Å². The number of carbonyl (C=O) groups excluding carboxylic acids is 5. The van der Waals surface area contributed by atoms with Crippen LogP contribution < -0.4 is 36.8 Å². The Morgan fingerprint density at radius 3 is 2.36 bits per heavy atom. The van der Waals surface area contributed by atoms with Gasteiger partial charge in [0.25, 0.3) is 17.7 Å². The average Bonchev–Trinajstić information content (AvgIpc) is 3.67. The van der Waals surface area contributed by atoms with Gasteiger partial charge in [0, 0.05) is 28.8 Å². The summed E-state index contributed by atoms with van der Waals surface area (Å²) < 4.78 is 64.4. The molecule has 1 aliphatic heterocycles. The number of halogens is 5. The molecule has 1 saturated carbocycles. The molecule has 2 aliphatic rings. The van der Waals surface area contributed by atoms with Crippen LogP contribution >= 0.6 is 33.9 Å². The lowest BCUT2D eigenvalue weighted by atomic mass is 9.85. The number of ether oxygens (including phenoxy) is 1. The Hall–Kier alpha value is -5.39. The number of hydrogen-bond acceptors (Lipinski definition) is 11. The number of amides is 5. The second-order valence-corrected chi connectivity index (χ2v) is 21.2. The highest BCUT2D eigenvalue weighted by Crippen LogP contribution is 2.41. The van der Waals surface area contributed by atoms with Crippen LogP contribution in [0.25, 0.3) is 10.4 Å². The minimum Gasteiger partial charge on any atom is -0.483 e. The molecule has 1 aliphatic carbocycles. The maximum atomic E-state index is 14.7. The lowest BCUT2D eigenvalue weighted by Crippen LogP contribution is -2.58. The van der Waals surface area contributed by atoms with Gasteiger partial charge in [-0.05, 0) is 135 Å². The Balaban J connectivity index is 0.865. The molecule has 15 nitrogen and oxygen atoms in total. The molecule has 2 heterocycles. The summed E-state index contributed by atoms with van der Waals surface area (Å²) in [5.74, 6) is -5.51. The summed E-state index contributed by atoms with van der Waals surface area (Å²) in [6.07, 6.45) is 6.41. The zero-order valence-electron chi connectivity index (χ0n) is 40.9. The maximum Gasteiger partial charge on any atom is 0.277 e. The summed E-state index contributed by atoms with van der Waals surface area (Å²) in [7, 11) is 0. The highest BCUT2D eigenvalue weighted by Gasteiger charge is 2.53. The van der Waals surface area contributed by atoms with E-state index >= 15 is 0 Å². The molecule has 390 valence electrons. The number of alkyl halides is 1. The summed E-state index contributed by atoms with van der Waals surface area (Å²) in [5.41, 5.74) is 2.74. The second kappa shape index (κ2) is 26.0. The van der Waals surface area contributed by atoms with Crippen LogP contribution in [0.3, 0.4) is 0 Å². The first-order valence-electron chi connectivity index (χ1n) is 24.2. The van der Waals surface area contributed by atoms with Crippen LogP contribution in [-0.2, 0) is 30.6 Å². The number of likely N-dealkylation sites (tertiary alicyclic amines) is 1. The molecular formula is C51H63F4IN8O7S. The first kappa shape index (κ1) is 55.9. The van der Waals surface area contributed by atoms with Crippen molar-refractivity contribution in [2.24, 2.45) is 5.41 Å². The second-order valence-electron chi connectivity index (χ2n) is 19.1. The van der Waals surface area contributed by atoms with Gasteiger partial charge in [0.1, 0.15) is 23.7 Å². The minimum absolute atomic E-state index is 0.0636. The molecule has 21 heteroatoms. The number of thiazole rings is 1. The van der Waals surface area contributed by atoms with E-state index in [1.54, 1.807) is 32.3 Å². The van der Waals surface area contributed by atoms with Crippen LogP contribution in [-0.4, -0.2) is 96.6 Å². The molecule has 1 aromatic heterocycles. The molecule has 1 saturated heterocycles. The number of hydrogen-bond donors (Lipinski definition) is 6. The Bertz CT molecular complexity index is 2560. The van der Waals surface area contributed by atoms with Crippen molar-refractivity contribution in [1.29, 1.82) is 0 Å². The third-order valence-corrected chi connectivity index (χ3v) is 14.0. The minimum atomic E-state index is -1.95. The van der Waals surface area contributed by atoms with Gasteiger partial charge in [-0.2, -0.15) is 0 Å². The van der Waals surface area contributed by atoms with Gasteiger partial charge < -0.3 is 36.2 Å². The van der Waals surface area contributed by atoms with E-state index in [-0.39, 0.29) is 55.7 Å². The number of nitrogens with zero attached hydrogens (tertiary/aromatic N) is 2. The summed E-state index contributed by atoms with van der Waals surface area (Å²) in [5, 5.41) is 14.3. The quantitative estimate of drug-likeness (QED) is 0.0154. The number of aromatic nitrogens is 1. The van der Waals surface area contributed by atoms with Crippen LogP contribution in [0.1, 0.15) is 107 Å². The monoisotopic (exact) mass is 1130 g/mol. The van der Waals surface area contributed by atoms with E-state index in [1.807, 2.05) is 47.7 Å². The third kappa shape index (κ3) is 15.6. The number of nitrogens with one attached hydrogen (secondary N) is 6. The zero-order chi connectivity index (χ0) is 52.0. The molecule has 6 N–H and O–H groups in total. The number of carbonyl (C=O) groups is 5. The fraction of sp³-hybridized carbons (Fsp3) is 0.490. The van der Waals surface area contributed by atoms with E-state index in [2.05, 4.69) is 37.0 Å². The molecule has 3 aromatic carbocycles. The van der Waals surface area contributed by atoms with E-state index < -0.39 is 64.0 Å². The Kier molecular flexibility index (Phi) is 20.2. The SMILES string of the molecule is Cc1ncsc1-c1ccc(CNC(=O)[C@@H]2CCCN2C(=O)[C@@H](NC(=O)C2(F)CC2)C(C)(C)C)c(OCC(=O)NCCCCCCCNCCCONC(=O)c2ccc(F)c(F)c2Nc2ccc(I)cc2F)c1. The molecular weight excluding hydrogens is 1070 g/mol. The van der Waals surface area contributed by atoms with E-state index in [1.165, 1.54) is 28.4 Å². The summed E-state index contributed by atoms with van der Waals surface area (Å²) in [4.78, 5) is 77.9. The maximum absolute atomic E-state index is 14.7. The van der Waals surface area contributed by atoms with Crippen LogP contribution in [0.2, 0.25) is 0 Å². The van der Waals surface area contributed by atoms with Crippen molar-refractivity contribution < 1.29 is 51.1 Å². The Labute approximate surface area is 434 Å². The first-order chi connectivity index (χ1) is 34.4. The van der Waals surface area contributed by atoms with E-state index in [4.69, 9.17) is 9.57 Å². The molecule has 0 radical (unpaired) electrons.